The maximum absolute atomic E-state index is 6.12. The standard InChI is InChI=1S/C13H22N2O/c1-3-11-9-15(7-6-12(11)14)10(2)13-5-4-8-16-13/h4-5,8,10-12H,3,6-7,9,14H2,1-2H3. The first-order chi connectivity index (χ1) is 7.72. The van der Waals surface area contributed by atoms with Crippen molar-refractivity contribution in [1.82, 2.24) is 4.90 Å². The van der Waals surface area contributed by atoms with E-state index in [1.807, 2.05) is 6.07 Å². The van der Waals surface area contributed by atoms with E-state index < -0.39 is 0 Å². The zero-order chi connectivity index (χ0) is 11.5. The van der Waals surface area contributed by atoms with Gasteiger partial charge in [-0.05, 0) is 31.4 Å². The molecule has 90 valence electrons. The lowest BCUT2D eigenvalue weighted by atomic mass is 9.90. The number of likely N-dealkylation sites (tertiary alicyclic amines) is 1. The van der Waals surface area contributed by atoms with Crippen molar-refractivity contribution >= 4 is 0 Å². The molecule has 1 aromatic rings. The molecule has 3 nitrogen and oxygen atoms in total. The second-order valence-electron chi connectivity index (χ2n) is 4.81. The lowest BCUT2D eigenvalue weighted by Gasteiger charge is -2.39. The summed E-state index contributed by atoms with van der Waals surface area (Å²) in [6.07, 6.45) is 4.02. The second kappa shape index (κ2) is 5.02. The summed E-state index contributed by atoms with van der Waals surface area (Å²) in [5.74, 6) is 1.69. The minimum Gasteiger partial charge on any atom is -0.468 e. The Morgan fingerprint density at radius 3 is 3.06 bits per heavy atom. The number of furan rings is 1. The third-order valence-corrected chi connectivity index (χ3v) is 3.85. The van der Waals surface area contributed by atoms with Gasteiger partial charge in [0, 0.05) is 19.1 Å². The Kier molecular flexibility index (Phi) is 3.66. The molecule has 2 heterocycles. The molecule has 1 aliphatic heterocycles. The van der Waals surface area contributed by atoms with Crippen molar-refractivity contribution in [2.45, 2.75) is 38.8 Å². The van der Waals surface area contributed by atoms with Crippen LogP contribution in [0, 0.1) is 5.92 Å². The SMILES string of the molecule is CCC1CN(C(C)c2ccco2)CCC1N. The fourth-order valence-corrected chi connectivity index (χ4v) is 2.57. The molecule has 0 radical (unpaired) electrons. The van der Waals surface area contributed by atoms with Crippen LogP contribution < -0.4 is 5.73 Å². The van der Waals surface area contributed by atoms with Crippen LogP contribution in [0.4, 0.5) is 0 Å². The van der Waals surface area contributed by atoms with Crippen molar-refractivity contribution < 1.29 is 4.42 Å². The first-order valence-electron chi connectivity index (χ1n) is 6.25. The van der Waals surface area contributed by atoms with Gasteiger partial charge in [0.2, 0.25) is 0 Å². The Bertz CT molecular complexity index is 310. The predicted octanol–water partition coefficient (Wildman–Crippen LogP) is 2.40. The van der Waals surface area contributed by atoms with Crippen LogP contribution in [0.25, 0.3) is 0 Å². The molecule has 2 rings (SSSR count). The van der Waals surface area contributed by atoms with Gasteiger partial charge in [-0.3, -0.25) is 4.90 Å². The van der Waals surface area contributed by atoms with Crippen molar-refractivity contribution in [2.75, 3.05) is 13.1 Å². The van der Waals surface area contributed by atoms with Gasteiger partial charge >= 0.3 is 0 Å². The largest absolute Gasteiger partial charge is 0.468 e. The summed E-state index contributed by atoms with van der Waals surface area (Å²) < 4.78 is 5.47. The van der Waals surface area contributed by atoms with Crippen LogP contribution in [0.3, 0.4) is 0 Å². The third-order valence-electron chi connectivity index (χ3n) is 3.85. The lowest BCUT2D eigenvalue weighted by Crippen LogP contribution is -2.47. The smallest absolute Gasteiger partial charge is 0.120 e. The van der Waals surface area contributed by atoms with Gasteiger partial charge in [0.1, 0.15) is 5.76 Å². The maximum Gasteiger partial charge on any atom is 0.120 e. The van der Waals surface area contributed by atoms with Crippen LogP contribution in [-0.2, 0) is 0 Å². The second-order valence-corrected chi connectivity index (χ2v) is 4.81. The van der Waals surface area contributed by atoms with Crippen molar-refractivity contribution in [3.05, 3.63) is 24.2 Å². The minimum atomic E-state index is 0.372. The number of piperidine rings is 1. The molecule has 1 fully saturated rings. The van der Waals surface area contributed by atoms with Crippen LogP contribution in [-0.4, -0.2) is 24.0 Å². The summed E-state index contributed by atoms with van der Waals surface area (Å²) in [7, 11) is 0. The average molecular weight is 222 g/mol. The predicted molar refractivity (Wildman–Crippen MR) is 65.1 cm³/mol. The highest BCUT2D eigenvalue weighted by atomic mass is 16.3. The third kappa shape index (κ3) is 2.30. The Labute approximate surface area is 97.6 Å². The molecule has 0 aromatic carbocycles. The Balaban J connectivity index is 2.00. The van der Waals surface area contributed by atoms with Crippen LogP contribution in [0.2, 0.25) is 0 Å². The van der Waals surface area contributed by atoms with E-state index in [2.05, 4.69) is 24.8 Å². The van der Waals surface area contributed by atoms with E-state index in [9.17, 15) is 0 Å². The summed E-state index contributed by atoms with van der Waals surface area (Å²) >= 11 is 0. The van der Waals surface area contributed by atoms with E-state index in [1.165, 1.54) is 6.42 Å². The molecular formula is C13H22N2O. The summed E-state index contributed by atoms with van der Waals surface area (Å²) in [5, 5.41) is 0. The number of rotatable bonds is 3. The van der Waals surface area contributed by atoms with Crippen molar-refractivity contribution in [2.24, 2.45) is 11.7 Å². The summed E-state index contributed by atoms with van der Waals surface area (Å²) in [6.45, 7) is 6.62. The van der Waals surface area contributed by atoms with Crippen molar-refractivity contribution in [3.63, 3.8) is 0 Å². The highest BCUT2D eigenvalue weighted by Crippen LogP contribution is 2.27. The molecular weight excluding hydrogens is 200 g/mol. The first-order valence-corrected chi connectivity index (χ1v) is 6.25. The highest BCUT2D eigenvalue weighted by molar-refractivity contribution is 5.04. The van der Waals surface area contributed by atoms with Gasteiger partial charge in [0.25, 0.3) is 0 Å². The van der Waals surface area contributed by atoms with Gasteiger partial charge < -0.3 is 10.2 Å². The fourth-order valence-electron chi connectivity index (χ4n) is 2.57. The van der Waals surface area contributed by atoms with E-state index in [4.69, 9.17) is 10.2 Å². The number of nitrogens with two attached hydrogens (primary N) is 1. The molecule has 1 saturated heterocycles. The molecule has 0 aliphatic carbocycles. The molecule has 0 bridgehead atoms. The Hall–Kier alpha value is -0.800. The van der Waals surface area contributed by atoms with E-state index in [0.717, 1.165) is 25.3 Å². The Morgan fingerprint density at radius 2 is 2.44 bits per heavy atom. The van der Waals surface area contributed by atoms with Crippen LogP contribution in [0.5, 0.6) is 0 Å². The molecule has 3 unspecified atom stereocenters. The van der Waals surface area contributed by atoms with Crippen LogP contribution in [0.15, 0.2) is 22.8 Å². The normalized spacial score (nSPS) is 29.2. The zero-order valence-corrected chi connectivity index (χ0v) is 10.2. The van der Waals surface area contributed by atoms with Crippen molar-refractivity contribution in [3.8, 4) is 0 Å². The number of nitrogens with zero attached hydrogens (tertiary/aromatic N) is 1. The molecule has 2 N–H and O–H groups in total. The molecule has 0 spiro atoms. The summed E-state index contributed by atoms with van der Waals surface area (Å²) in [5.41, 5.74) is 6.12. The molecule has 1 aromatic heterocycles. The van der Waals surface area contributed by atoms with E-state index in [0.29, 0.717) is 18.0 Å². The van der Waals surface area contributed by atoms with Gasteiger partial charge in [-0.15, -0.1) is 0 Å². The van der Waals surface area contributed by atoms with Gasteiger partial charge in [-0.25, -0.2) is 0 Å². The van der Waals surface area contributed by atoms with Gasteiger partial charge in [-0.2, -0.15) is 0 Å². The summed E-state index contributed by atoms with van der Waals surface area (Å²) in [6, 6.07) is 4.76. The molecule has 0 amide bonds. The average Bonchev–Trinajstić information content (AvgIpc) is 2.82. The topological polar surface area (TPSA) is 42.4 Å². The fraction of sp³-hybridized carbons (Fsp3) is 0.692. The monoisotopic (exact) mass is 222 g/mol. The molecule has 16 heavy (non-hydrogen) atoms. The maximum atomic E-state index is 6.12. The molecule has 3 atom stereocenters. The number of hydrogen-bond acceptors (Lipinski definition) is 3. The van der Waals surface area contributed by atoms with E-state index in [1.54, 1.807) is 6.26 Å². The van der Waals surface area contributed by atoms with Gasteiger partial charge in [0.15, 0.2) is 0 Å². The lowest BCUT2D eigenvalue weighted by molar-refractivity contribution is 0.103. The highest BCUT2D eigenvalue weighted by Gasteiger charge is 2.29. The van der Waals surface area contributed by atoms with Crippen LogP contribution in [0.1, 0.15) is 38.5 Å². The van der Waals surface area contributed by atoms with E-state index >= 15 is 0 Å². The minimum absolute atomic E-state index is 0.372. The molecule has 1 aliphatic rings. The Morgan fingerprint density at radius 1 is 1.62 bits per heavy atom. The number of hydrogen-bond donors (Lipinski definition) is 1. The first kappa shape index (κ1) is 11.7. The summed E-state index contributed by atoms with van der Waals surface area (Å²) in [4.78, 5) is 2.48. The molecule has 0 saturated carbocycles. The van der Waals surface area contributed by atoms with Crippen molar-refractivity contribution in [1.29, 1.82) is 0 Å². The van der Waals surface area contributed by atoms with E-state index in [-0.39, 0.29) is 0 Å². The zero-order valence-electron chi connectivity index (χ0n) is 10.2. The van der Waals surface area contributed by atoms with Crippen LogP contribution >= 0.6 is 0 Å². The van der Waals surface area contributed by atoms with Gasteiger partial charge in [-0.1, -0.05) is 13.3 Å². The quantitative estimate of drug-likeness (QED) is 0.854. The molecule has 3 heteroatoms. The van der Waals surface area contributed by atoms with Gasteiger partial charge in [0.05, 0.1) is 12.3 Å².